The molecule has 0 N–H and O–H groups in total. The fourth-order valence-electron chi connectivity index (χ4n) is 2.55. The summed E-state index contributed by atoms with van der Waals surface area (Å²) < 4.78 is 76.8. The molecule has 1 heterocycles. The predicted molar refractivity (Wildman–Crippen MR) is 107 cm³/mol. The molecule has 1 aromatic carbocycles. The molecule has 1 aliphatic rings. The van der Waals surface area contributed by atoms with Gasteiger partial charge in [0.15, 0.2) is 10.7 Å². The van der Waals surface area contributed by atoms with Crippen LogP contribution in [0.5, 0.6) is 11.5 Å². The number of unbranched alkanes of at least 4 members (excludes halogenated alkanes) is 2. The second kappa shape index (κ2) is 10.8. The molecule has 1 aromatic rings. The molecule has 0 spiro atoms. The van der Waals surface area contributed by atoms with Crippen LogP contribution in [0.4, 0.5) is 28.3 Å². The number of hydrogen-bond donors (Lipinski definition) is 0. The van der Waals surface area contributed by atoms with Crippen molar-refractivity contribution in [1.82, 2.24) is 0 Å². The third kappa shape index (κ3) is 13.4. The first-order valence-electron chi connectivity index (χ1n) is 9.93. The molecular weight excluding hydrogens is 542 g/mol. The second-order valence-corrected chi connectivity index (χ2v) is 12.3. The second-order valence-electron chi connectivity index (χ2n) is 6.85. The van der Waals surface area contributed by atoms with Gasteiger partial charge in [0.05, 0.1) is 38.2 Å². The van der Waals surface area contributed by atoms with Crippen LogP contribution in [0.25, 0.3) is 4.98 Å². The SMILES string of the molecule is CCCCOc1cc(N2CCOCC2)c(OCCCC)cc1[N+]#N.[F][Sb-]([F])([F])([F])([F])[F]. The number of anilines is 1. The summed E-state index contributed by atoms with van der Waals surface area (Å²) in [5.41, 5.74) is 1.39. The maximum absolute atomic E-state index is 11.2. The molecule has 0 aliphatic carbocycles. The zero-order valence-corrected chi connectivity index (χ0v) is 20.1. The van der Waals surface area contributed by atoms with Crippen LogP contribution < -0.4 is 14.4 Å². The first-order valence-corrected chi connectivity index (χ1v) is 15.7. The summed E-state index contributed by atoms with van der Waals surface area (Å²) in [6, 6.07) is 3.69. The number of hydrogen-bond acceptors (Lipinski definition) is 5. The Morgan fingerprint density at radius 1 is 0.935 bits per heavy atom. The number of rotatable bonds is 9. The van der Waals surface area contributed by atoms with E-state index in [-0.39, 0.29) is 0 Å². The normalized spacial score (nSPS) is 16.3. The maximum atomic E-state index is 9.93. The topological polar surface area (TPSA) is 59.1 Å². The zero-order valence-electron chi connectivity index (χ0n) is 17.5. The molecule has 13 heteroatoms. The van der Waals surface area contributed by atoms with Gasteiger partial charge in [-0.2, -0.15) is 0 Å². The van der Waals surface area contributed by atoms with E-state index in [1.165, 1.54) is 0 Å². The van der Waals surface area contributed by atoms with Crippen molar-refractivity contribution in [2.24, 2.45) is 0 Å². The standard InChI is InChI=1S/C18H28N3O3.6FH.Sb/c1-3-5-9-23-17-14-16(21-7-11-22-12-8-21)18(13-15(17)20-19)24-10-6-4-2;;;;;;;/h13-14H,3-12H2,1-2H3;6*1H;/q+1;;;;;;;+5/p-6. The Hall–Kier alpha value is -1.60. The molecule has 180 valence electrons. The molecule has 0 atom stereocenters. The number of ether oxygens (including phenoxy) is 3. The van der Waals surface area contributed by atoms with Crippen LogP contribution in [0.15, 0.2) is 12.1 Å². The molecule has 1 saturated heterocycles. The number of halogens is 6. The molecule has 0 saturated carbocycles. The monoisotopic (exact) mass is 569 g/mol. The quantitative estimate of drug-likeness (QED) is 0.147. The van der Waals surface area contributed by atoms with Gasteiger partial charge in [-0.3, -0.25) is 0 Å². The van der Waals surface area contributed by atoms with E-state index in [1.807, 2.05) is 6.07 Å². The van der Waals surface area contributed by atoms with Gasteiger partial charge in [-0.25, -0.2) is 0 Å². The van der Waals surface area contributed by atoms with Crippen molar-refractivity contribution in [3.05, 3.63) is 17.1 Å². The summed E-state index contributed by atoms with van der Waals surface area (Å²) in [5.74, 6) is 1.33. The summed E-state index contributed by atoms with van der Waals surface area (Å²) in [6.45, 7) is 8.53. The van der Waals surface area contributed by atoms with Gasteiger partial charge in [0.2, 0.25) is 11.1 Å². The van der Waals surface area contributed by atoms with E-state index in [2.05, 4.69) is 23.7 Å². The van der Waals surface area contributed by atoms with Crippen molar-refractivity contribution in [2.45, 2.75) is 39.5 Å². The van der Waals surface area contributed by atoms with E-state index in [9.17, 15) is 22.3 Å². The molecule has 1 fully saturated rings. The van der Waals surface area contributed by atoms with Gasteiger partial charge in [0.25, 0.3) is 0 Å². The predicted octanol–water partition coefficient (Wildman–Crippen LogP) is 6.51. The van der Waals surface area contributed by atoms with E-state index in [4.69, 9.17) is 14.2 Å². The minimum absolute atomic E-state index is 0.412. The van der Waals surface area contributed by atoms with Gasteiger partial charge in [0, 0.05) is 19.2 Å². The molecule has 2 rings (SSSR count). The Morgan fingerprint density at radius 3 is 1.87 bits per heavy atom. The fraction of sp³-hybridized carbons (Fsp3) is 0.667. The zero-order chi connectivity index (χ0) is 23.6. The van der Waals surface area contributed by atoms with Crippen LogP contribution in [0, 0.1) is 5.39 Å². The summed E-state index contributed by atoms with van der Waals surface area (Å²) >= 11 is -11.2. The number of benzene rings is 1. The Kier molecular flexibility index (Phi) is 9.57. The van der Waals surface area contributed by atoms with Crippen molar-refractivity contribution >= 4 is 30.8 Å². The number of morpholine rings is 1. The van der Waals surface area contributed by atoms with E-state index < -0.39 is 19.5 Å². The Bertz CT molecular complexity index is 739. The summed E-state index contributed by atoms with van der Waals surface area (Å²) in [5, 5.41) is 9.33. The van der Waals surface area contributed by atoms with Crippen molar-refractivity contribution < 1.29 is 31.1 Å². The van der Waals surface area contributed by atoms with Gasteiger partial charge in [-0.1, -0.05) is 26.7 Å². The number of nitrogens with zero attached hydrogens (tertiary/aromatic N) is 3. The van der Waals surface area contributed by atoms with E-state index in [0.29, 0.717) is 37.9 Å². The van der Waals surface area contributed by atoms with Crippen LogP contribution in [0.3, 0.4) is 0 Å². The van der Waals surface area contributed by atoms with E-state index in [1.54, 1.807) is 6.07 Å². The van der Waals surface area contributed by atoms with Gasteiger partial charge in [-0.15, -0.1) is 0 Å². The summed E-state index contributed by atoms with van der Waals surface area (Å²) in [4.78, 5) is 5.61. The average molecular weight is 570 g/mol. The van der Waals surface area contributed by atoms with E-state index in [0.717, 1.165) is 50.2 Å². The summed E-state index contributed by atoms with van der Waals surface area (Å²) in [6.07, 6.45) is 4.08. The van der Waals surface area contributed by atoms with E-state index >= 15 is 0 Å². The number of diazo groups is 1. The molecule has 0 radical (unpaired) electrons. The molecule has 0 bridgehead atoms. The van der Waals surface area contributed by atoms with Crippen molar-refractivity contribution in [3.8, 4) is 11.5 Å². The molecular formula is C18H28F6N3O3Sb. The molecule has 0 aromatic heterocycles. The summed E-state index contributed by atoms with van der Waals surface area (Å²) in [7, 11) is 0. The average Bonchev–Trinajstić information content (AvgIpc) is 2.67. The van der Waals surface area contributed by atoms with Crippen LogP contribution in [0.2, 0.25) is 0 Å². The molecule has 0 unspecified atom stereocenters. The van der Waals surface area contributed by atoms with Gasteiger partial charge < -0.3 is 19.1 Å². The van der Waals surface area contributed by atoms with Crippen LogP contribution in [0.1, 0.15) is 39.5 Å². The van der Waals surface area contributed by atoms with Crippen LogP contribution >= 0.6 is 0 Å². The first-order chi connectivity index (χ1) is 14.2. The van der Waals surface area contributed by atoms with Gasteiger partial charge in [-0.05, 0) is 12.8 Å². The van der Waals surface area contributed by atoms with Crippen molar-refractivity contribution in [1.29, 1.82) is 5.39 Å². The Morgan fingerprint density at radius 2 is 1.42 bits per heavy atom. The molecule has 31 heavy (non-hydrogen) atoms. The van der Waals surface area contributed by atoms with Crippen molar-refractivity contribution in [2.75, 3.05) is 44.4 Å². The van der Waals surface area contributed by atoms with Crippen LogP contribution in [-0.2, 0) is 4.74 Å². The Labute approximate surface area is 180 Å². The van der Waals surface area contributed by atoms with Crippen molar-refractivity contribution in [3.63, 3.8) is 0 Å². The Balaban J connectivity index is 0.000000592. The third-order valence-electron chi connectivity index (χ3n) is 4.01. The first kappa shape index (κ1) is 27.4. The fourth-order valence-corrected chi connectivity index (χ4v) is 2.55. The minimum atomic E-state index is -11.2. The van der Waals surface area contributed by atoms with Crippen LogP contribution in [-0.4, -0.2) is 59.0 Å². The molecule has 0 amide bonds. The van der Waals surface area contributed by atoms with Gasteiger partial charge >= 0.3 is 42.0 Å². The molecule has 1 aliphatic heterocycles. The third-order valence-corrected chi connectivity index (χ3v) is 4.01. The molecule has 6 nitrogen and oxygen atoms in total. The van der Waals surface area contributed by atoms with Gasteiger partial charge in [0.1, 0.15) is 0 Å².